The van der Waals surface area contributed by atoms with Gasteiger partial charge in [-0.25, -0.2) is 4.98 Å². The van der Waals surface area contributed by atoms with E-state index < -0.39 is 0 Å². The topological polar surface area (TPSA) is 92.4 Å². The predicted molar refractivity (Wildman–Crippen MR) is 114 cm³/mol. The predicted octanol–water partition coefficient (Wildman–Crippen LogP) is 2.25. The molecule has 7 heteroatoms. The van der Waals surface area contributed by atoms with Gasteiger partial charge < -0.3 is 10.6 Å². The Bertz CT molecular complexity index is 1030. The molecule has 0 saturated carbocycles. The highest BCUT2D eigenvalue weighted by molar-refractivity contribution is 6.09. The molecule has 1 aliphatic heterocycles. The van der Waals surface area contributed by atoms with Crippen LogP contribution >= 0.6 is 0 Å². The van der Waals surface area contributed by atoms with Gasteiger partial charge in [-0.3, -0.25) is 19.5 Å². The highest BCUT2D eigenvalue weighted by Gasteiger charge is 2.22. The van der Waals surface area contributed by atoms with Crippen LogP contribution in [0.5, 0.6) is 0 Å². The molecule has 2 N–H and O–H groups in total. The number of aromatic nitrogens is 2. The van der Waals surface area contributed by atoms with Crippen molar-refractivity contribution >= 4 is 17.5 Å². The Labute approximate surface area is 175 Å². The molecule has 152 valence electrons. The van der Waals surface area contributed by atoms with Gasteiger partial charge in [0.15, 0.2) is 5.78 Å². The fraction of sp³-hybridized carbons (Fsp3) is 0.217. The van der Waals surface area contributed by atoms with Crippen LogP contribution in [0.2, 0.25) is 0 Å². The fourth-order valence-corrected chi connectivity index (χ4v) is 3.58. The van der Waals surface area contributed by atoms with Crippen LogP contribution in [0.15, 0.2) is 67.1 Å². The molecule has 1 aromatic carbocycles. The monoisotopic (exact) mass is 401 g/mol. The van der Waals surface area contributed by atoms with E-state index in [9.17, 15) is 9.59 Å². The number of nitrogens with two attached hydrogens (primary N) is 1. The third-order valence-corrected chi connectivity index (χ3v) is 5.25. The lowest BCUT2D eigenvalue weighted by atomic mass is 10.0. The number of hydrogen-bond acceptors (Lipinski definition) is 6. The SMILES string of the molecule is Nc1cc(CN2CCN(C(=O)c3ccc(C(=O)c4ccncc4)cc3)CC2)ccn1. The first-order valence-corrected chi connectivity index (χ1v) is 9.87. The number of carbonyl (C=O) groups is 2. The molecule has 2 aromatic heterocycles. The molecule has 1 aliphatic rings. The van der Waals surface area contributed by atoms with Crippen molar-refractivity contribution in [2.75, 3.05) is 31.9 Å². The summed E-state index contributed by atoms with van der Waals surface area (Å²) < 4.78 is 0. The number of nitrogens with zero attached hydrogens (tertiary/aromatic N) is 4. The number of pyridine rings is 2. The normalized spacial score (nSPS) is 14.5. The maximum atomic E-state index is 12.8. The zero-order valence-electron chi connectivity index (χ0n) is 16.6. The van der Waals surface area contributed by atoms with Gasteiger partial charge in [-0.15, -0.1) is 0 Å². The number of nitrogen functional groups attached to an aromatic ring is 1. The summed E-state index contributed by atoms with van der Waals surface area (Å²) in [6.45, 7) is 3.72. The third kappa shape index (κ3) is 4.52. The zero-order chi connectivity index (χ0) is 20.9. The lowest BCUT2D eigenvalue weighted by Gasteiger charge is -2.34. The van der Waals surface area contributed by atoms with Gasteiger partial charge in [-0.05, 0) is 42.0 Å². The van der Waals surface area contributed by atoms with Gasteiger partial charge >= 0.3 is 0 Å². The second-order valence-electron chi connectivity index (χ2n) is 7.30. The molecule has 0 spiro atoms. The third-order valence-electron chi connectivity index (χ3n) is 5.25. The molecule has 1 saturated heterocycles. The maximum Gasteiger partial charge on any atom is 0.253 e. The largest absolute Gasteiger partial charge is 0.384 e. The maximum absolute atomic E-state index is 12.8. The van der Waals surface area contributed by atoms with Crippen LogP contribution in [0.4, 0.5) is 5.82 Å². The molecule has 3 heterocycles. The van der Waals surface area contributed by atoms with E-state index in [-0.39, 0.29) is 11.7 Å². The summed E-state index contributed by atoms with van der Waals surface area (Å²) in [4.78, 5) is 37.5. The number of piperazine rings is 1. The van der Waals surface area contributed by atoms with Crippen molar-refractivity contribution < 1.29 is 9.59 Å². The number of carbonyl (C=O) groups excluding carboxylic acids is 2. The van der Waals surface area contributed by atoms with E-state index in [2.05, 4.69) is 14.9 Å². The molecule has 0 bridgehead atoms. The Hall–Kier alpha value is -3.58. The van der Waals surface area contributed by atoms with E-state index in [1.807, 2.05) is 17.0 Å². The smallest absolute Gasteiger partial charge is 0.253 e. The summed E-state index contributed by atoms with van der Waals surface area (Å²) in [7, 11) is 0. The molecular formula is C23H23N5O2. The van der Waals surface area contributed by atoms with Gasteiger partial charge in [-0.2, -0.15) is 0 Å². The molecule has 0 atom stereocenters. The van der Waals surface area contributed by atoms with Gasteiger partial charge in [0.25, 0.3) is 5.91 Å². The number of benzene rings is 1. The molecule has 7 nitrogen and oxygen atoms in total. The van der Waals surface area contributed by atoms with E-state index in [0.717, 1.165) is 25.2 Å². The minimum atomic E-state index is -0.0817. The molecule has 3 aromatic rings. The van der Waals surface area contributed by atoms with Crippen LogP contribution < -0.4 is 5.73 Å². The van der Waals surface area contributed by atoms with E-state index in [0.29, 0.717) is 35.6 Å². The van der Waals surface area contributed by atoms with E-state index in [1.54, 1.807) is 55.0 Å². The van der Waals surface area contributed by atoms with Crippen LogP contribution in [0.3, 0.4) is 0 Å². The van der Waals surface area contributed by atoms with Gasteiger partial charge in [0.2, 0.25) is 0 Å². The molecule has 0 radical (unpaired) electrons. The summed E-state index contributed by atoms with van der Waals surface area (Å²) in [6.07, 6.45) is 4.90. The van der Waals surface area contributed by atoms with Gasteiger partial charge in [0.05, 0.1) is 0 Å². The van der Waals surface area contributed by atoms with E-state index in [4.69, 9.17) is 5.73 Å². The van der Waals surface area contributed by atoms with Crippen molar-refractivity contribution in [1.82, 2.24) is 19.8 Å². The number of anilines is 1. The number of amides is 1. The van der Waals surface area contributed by atoms with Crippen molar-refractivity contribution in [2.45, 2.75) is 6.54 Å². The number of rotatable bonds is 5. The molecule has 4 rings (SSSR count). The highest BCUT2D eigenvalue weighted by atomic mass is 16.2. The Morgan fingerprint density at radius 2 is 1.47 bits per heavy atom. The summed E-state index contributed by atoms with van der Waals surface area (Å²) in [5, 5.41) is 0. The lowest BCUT2D eigenvalue weighted by molar-refractivity contribution is 0.0628. The second-order valence-corrected chi connectivity index (χ2v) is 7.30. The van der Waals surface area contributed by atoms with Crippen molar-refractivity contribution in [1.29, 1.82) is 0 Å². The van der Waals surface area contributed by atoms with Crippen molar-refractivity contribution in [3.05, 3.63) is 89.4 Å². The van der Waals surface area contributed by atoms with Crippen LogP contribution in [-0.2, 0) is 6.54 Å². The Balaban J connectivity index is 1.34. The first kappa shape index (κ1) is 19.7. The van der Waals surface area contributed by atoms with Crippen LogP contribution in [-0.4, -0.2) is 57.6 Å². The number of ketones is 1. The molecule has 1 amide bonds. The van der Waals surface area contributed by atoms with E-state index in [1.165, 1.54) is 0 Å². The molecule has 0 aliphatic carbocycles. The molecule has 0 unspecified atom stereocenters. The van der Waals surface area contributed by atoms with Crippen molar-refractivity contribution in [3.63, 3.8) is 0 Å². The Morgan fingerprint density at radius 3 is 2.13 bits per heavy atom. The Morgan fingerprint density at radius 1 is 0.833 bits per heavy atom. The number of hydrogen-bond donors (Lipinski definition) is 1. The van der Waals surface area contributed by atoms with Crippen LogP contribution in [0.25, 0.3) is 0 Å². The molecular weight excluding hydrogens is 378 g/mol. The molecule has 30 heavy (non-hydrogen) atoms. The Kier molecular flexibility index (Phi) is 5.81. The average molecular weight is 401 g/mol. The summed E-state index contributed by atoms with van der Waals surface area (Å²) in [6, 6.07) is 14.1. The fourth-order valence-electron chi connectivity index (χ4n) is 3.58. The van der Waals surface area contributed by atoms with Crippen molar-refractivity contribution in [2.24, 2.45) is 0 Å². The standard InChI is InChI=1S/C23H23N5O2/c24-21-15-17(5-10-26-21)16-27-11-13-28(14-12-27)23(30)20-3-1-18(2-4-20)22(29)19-6-8-25-9-7-19/h1-10,15H,11-14,16H2,(H2,24,26). The second kappa shape index (κ2) is 8.84. The minimum Gasteiger partial charge on any atom is -0.384 e. The van der Waals surface area contributed by atoms with Gasteiger partial charge in [-0.1, -0.05) is 12.1 Å². The average Bonchev–Trinajstić information content (AvgIpc) is 2.79. The van der Waals surface area contributed by atoms with Crippen LogP contribution in [0.1, 0.15) is 31.8 Å². The van der Waals surface area contributed by atoms with Gasteiger partial charge in [0.1, 0.15) is 5.82 Å². The van der Waals surface area contributed by atoms with Crippen LogP contribution in [0, 0.1) is 0 Å². The zero-order valence-corrected chi connectivity index (χ0v) is 16.6. The summed E-state index contributed by atoms with van der Waals surface area (Å²) >= 11 is 0. The van der Waals surface area contributed by atoms with Gasteiger partial charge in [0, 0.05) is 68.0 Å². The first-order chi connectivity index (χ1) is 14.6. The molecule has 1 fully saturated rings. The first-order valence-electron chi connectivity index (χ1n) is 9.87. The lowest BCUT2D eigenvalue weighted by Crippen LogP contribution is -2.48. The summed E-state index contributed by atoms with van der Waals surface area (Å²) in [5.74, 6) is 0.430. The summed E-state index contributed by atoms with van der Waals surface area (Å²) in [5.41, 5.74) is 8.60. The van der Waals surface area contributed by atoms with E-state index >= 15 is 0 Å². The minimum absolute atomic E-state index is 0.00860. The highest BCUT2D eigenvalue weighted by Crippen LogP contribution is 2.15. The van der Waals surface area contributed by atoms with Crippen molar-refractivity contribution in [3.8, 4) is 0 Å². The quantitative estimate of drug-likeness (QED) is 0.659.